The lowest BCUT2D eigenvalue weighted by Crippen LogP contribution is -2.15. The minimum absolute atomic E-state index is 0.0890. The fourth-order valence-electron chi connectivity index (χ4n) is 8.45. The second-order valence-corrected chi connectivity index (χ2v) is 14.6. The van der Waals surface area contributed by atoms with Crippen molar-refractivity contribution in [1.29, 1.82) is 0 Å². The summed E-state index contributed by atoms with van der Waals surface area (Å²) in [6, 6.07) is 65.3. The average Bonchev–Trinajstić information content (AvgIpc) is 3.46. The molecular formula is C51H36N2. The molecule has 0 saturated carbocycles. The van der Waals surface area contributed by atoms with Crippen LogP contribution in [-0.4, -0.2) is 9.97 Å². The third kappa shape index (κ3) is 5.18. The molecule has 0 saturated heterocycles. The van der Waals surface area contributed by atoms with Gasteiger partial charge in [0.15, 0.2) is 5.82 Å². The molecule has 1 aliphatic rings. The van der Waals surface area contributed by atoms with Crippen LogP contribution in [0.4, 0.5) is 0 Å². The zero-order chi connectivity index (χ0) is 35.5. The van der Waals surface area contributed by atoms with Gasteiger partial charge in [-0.25, -0.2) is 9.97 Å². The third-order valence-corrected chi connectivity index (χ3v) is 11.1. The van der Waals surface area contributed by atoms with Crippen molar-refractivity contribution in [3.8, 4) is 67.3 Å². The van der Waals surface area contributed by atoms with E-state index in [-0.39, 0.29) is 5.41 Å². The van der Waals surface area contributed by atoms with Crippen molar-refractivity contribution in [3.63, 3.8) is 0 Å². The molecule has 1 heterocycles. The summed E-state index contributed by atoms with van der Waals surface area (Å²) in [5, 5.41) is 4.96. The Bertz CT molecular complexity index is 2780. The zero-order valence-corrected chi connectivity index (χ0v) is 29.7. The van der Waals surface area contributed by atoms with Crippen LogP contribution in [0.2, 0.25) is 0 Å². The van der Waals surface area contributed by atoms with Crippen molar-refractivity contribution >= 4 is 21.5 Å². The Balaban J connectivity index is 1.03. The van der Waals surface area contributed by atoms with Gasteiger partial charge in [-0.3, -0.25) is 0 Å². The summed E-state index contributed by atoms with van der Waals surface area (Å²) in [6.45, 7) is 4.74. The molecule has 0 amide bonds. The van der Waals surface area contributed by atoms with Crippen LogP contribution in [0.15, 0.2) is 182 Å². The molecule has 0 unspecified atom stereocenters. The van der Waals surface area contributed by atoms with Crippen LogP contribution >= 0.6 is 0 Å². The molecule has 0 radical (unpaired) electrons. The number of nitrogens with zero attached hydrogens (tertiary/aromatic N) is 2. The van der Waals surface area contributed by atoms with Crippen LogP contribution in [-0.2, 0) is 5.41 Å². The van der Waals surface area contributed by atoms with Crippen LogP contribution in [0.1, 0.15) is 25.0 Å². The van der Waals surface area contributed by atoms with Gasteiger partial charge in [-0.15, -0.1) is 0 Å². The fraction of sp³-hybridized carbons (Fsp3) is 0.0588. The van der Waals surface area contributed by atoms with Crippen LogP contribution < -0.4 is 0 Å². The van der Waals surface area contributed by atoms with Crippen molar-refractivity contribution in [2.75, 3.05) is 0 Å². The van der Waals surface area contributed by atoms with E-state index in [2.05, 4.69) is 184 Å². The monoisotopic (exact) mass is 676 g/mol. The van der Waals surface area contributed by atoms with Gasteiger partial charge in [0.25, 0.3) is 0 Å². The highest BCUT2D eigenvalue weighted by Gasteiger charge is 2.37. The number of rotatable bonds is 5. The molecule has 10 rings (SSSR count). The van der Waals surface area contributed by atoms with E-state index in [9.17, 15) is 0 Å². The SMILES string of the molecule is CC1(C)c2cc(-c3ccc(-c4ccc(-c5nc(-c6ccccc6)cc(-c6ccccc6)n5)c5ccccc45)cc3)ccc2-c2ccc3ccccc3c21. The Hall–Kier alpha value is -6.64. The van der Waals surface area contributed by atoms with E-state index in [1.165, 1.54) is 60.7 Å². The first kappa shape index (κ1) is 31.1. The van der Waals surface area contributed by atoms with Crippen LogP contribution in [0.5, 0.6) is 0 Å². The van der Waals surface area contributed by atoms with Crippen molar-refractivity contribution in [2.45, 2.75) is 19.3 Å². The summed E-state index contributed by atoms with van der Waals surface area (Å²) < 4.78 is 0. The standard InChI is InChI=1S/C51H36N2/c1-51(2)46-31-38(26-27-43(46)44-28-25-34-13-9-10-18-40(34)49(44)51)33-21-23-35(24-22-33)39-29-30-45(42-20-12-11-19-41(39)42)50-52-47(36-14-5-3-6-15-36)32-48(53-50)37-16-7-4-8-17-37/h3-32H,1-2H3. The number of hydrogen-bond donors (Lipinski definition) is 0. The lowest BCUT2D eigenvalue weighted by atomic mass is 9.79. The van der Waals surface area contributed by atoms with Gasteiger partial charge in [0.2, 0.25) is 0 Å². The summed E-state index contributed by atoms with van der Waals surface area (Å²) >= 11 is 0. The van der Waals surface area contributed by atoms with Gasteiger partial charge < -0.3 is 0 Å². The quantitative estimate of drug-likeness (QED) is 0.181. The summed E-state index contributed by atoms with van der Waals surface area (Å²) in [5.41, 5.74) is 15.2. The number of aromatic nitrogens is 2. The van der Waals surface area contributed by atoms with Gasteiger partial charge >= 0.3 is 0 Å². The molecule has 1 aromatic heterocycles. The van der Waals surface area contributed by atoms with E-state index in [1.54, 1.807) is 0 Å². The molecule has 1 aliphatic carbocycles. The normalized spacial score (nSPS) is 12.9. The topological polar surface area (TPSA) is 25.8 Å². The lowest BCUT2D eigenvalue weighted by molar-refractivity contribution is 0.666. The Kier molecular flexibility index (Phi) is 7.19. The molecule has 0 N–H and O–H groups in total. The molecule has 0 atom stereocenters. The van der Waals surface area contributed by atoms with E-state index in [0.717, 1.165) is 39.3 Å². The maximum Gasteiger partial charge on any atom is 0.161 e. The van der Waals surface area contributed by atoms with E-state index in [4.69, 9.17) is 9.97 Å². The van der Waals surface area contributed by atoms with Gasteiger partial charge in [-0.1, -0.05) is 178 Å². The van der Waals surface area contributed by atoms with Gasteiger partial charge in [-0.2, -0.15) is 0 Å². The molecule has 0 aliphatic heterocycles. The Morgan fingerprint density at radius 2 is 0.868 bits per heavy atom. The van der Waals surface area contributed by atoms with E-state index in [0.29, 0.717) is 0 Å². The van der Waals surface area contributed by atoms with Crippen LogP contribution in [0, 0.1) is 0 Å². The molecule has 0 bridgehead atoms. The molecule has 9 aromatic rings. The lowest BCUT2D eigenvalue weighted by Gasteiger charge is -2.23. The summed E-state index contributed by atoms with van der Waals surface area (Å²) in [7, 11) is 0. The summed E-state index contributed by atoms with van der Waals surface area (Å²) in [5.74, 6) is 0.720. The summed E-state index contributed by atoms with van der Waals surface area (Å²) in [6.07, 6.45) is 0. The maximum atomic E-state index is 5.15. The molecule has 2 heteroatoms. The van der Waals surface area contributed by atoms with Crippen molar-refractivity contribution < 1.29 is 0 Å². The van der Waals surface area contributed by atoms with Crippen LogP contribution in [0.3, 0.4) is 0 Å². The Morgan fingerprint density at radius 1 is 0.358 bits per heavy atom. The molecule has 250 valence electrons. The predicted molar refractivity (Wildman–Crippen MR) is 222 cm³/mol. The molecule has 53 heavy (non-hydrogen) atoms. The van der Waals surface area contributed by atoms with E-state index in [1.807, 2.05) is 12.1 Å². The second kappa shape index (κ2) is 12.3. The minimum atomic E-state index is -0.0890. The first-order chi connectivity index (χ1) is 26.0. The van der Waals surface area contributed by atoms with Gasteiger partial charge in [-0.05, 0) is 84.3 Å². The van der Waals surface area contributed by atoms with E-state index >= 15 is 0 Å². The fourth-order valence-corrected chi connectivity index (χ4v) is 8.45. The highest BCUT2D eigenvalue weighted by Crippen LogP contribution is 2.52. The third-order valence-electron chi connectivity index (χ3n) is 11.1. The van der Waals surface area contributed by atoms with Crippen molar-refractivity contribution in [3.05, 3.63) is 193 Å². The van der Waals surface area contributed by atoms with Gasteiger partial charge in [0, 0.05) is 22.1 Å². The number of hydrogen-bond acceptors (Lipinski definition) is 2. The summed E-state index contributed by atoms with van der Waals surface area (Å²) in [4.78, 5) is 10.3. The molecule has 2 nitrogen and oxygen atoms in total. The molecule has 0 spiro atoms. The molecule has 0 fully saturated rings. The Labute approximate surface area is 310 Å². The highest BCUT2D eigenvalue weighted by molar-refractivity contribution is 6.04. The van der Waals surface area contributed by atoms with Crippen molar-refractivity contribution in [1.82, 2.24) is 9.97 Å². The Morgan fingerprint density at radius 3 is 1.55 bits per heavy atom. The first-order valence-electron chi connectivity index (χ1n) is 18.3. The van der Waals surface area contributed by atoms with E-state index < -0.39 is 0 Å². The number of benzene rings is 8. The largest absolute Gasteiger partial charge is 0.228 e. The maximum absolute atomic E-state index is 5.15. The zero-order valence-electron chi connectivity index (χ0n) is 29.7. The van der Waals surface area contributed by atoms with Gasteiger partial charge in [0.1, 0.15) is 0 Å². The second-order valence-electron chi connectivity index (χ2n) is 14.6. The highest BCUT2D eigenvalue weighted by atomic mass is 14.9. The average molecular weight is 677 g/mol. The van der Waals surface area contributed by atoms with Crippen molar-refractivity contribution in [2.24, 2.45) is 0 Å². The predicted octanol–water partition coefficient (Wildman–Crippen LogP) is 13.4. The smallest absolute Gasteiger partial charge is 0.161 e. The molecular weight excluding hydrogens is 641 g/mol. The van der Waals surface area contributed by atoms with Crippen LogP contribution in [0.25, 0.3) is 88.8 Å². The minimum Gasteiger partial charge on any atom is -0.228 e. The van der Waals surface area contributed by atoms with Gasteiger partial charge in [0.05, 0.1) is 11.4 Å². The number of fused-ring (bicyclic) bond motifs is 6. The first-order valence-corrected chi connectivity index (χ1v) is 18.3. The molecule has 8 aromatic carbocycles.